The van der Waals surface area contributed by atoms with Crippen LogP contribution in [0.3, 0.4) is 0 Å². The maximum absolute atomic E-state index is 12.3. The monoisotopic (exact) mass is 345 g/mol. The van der Waals surface area contributed by atoms with Gasteiger partial charge < -0.3 is 10.3 Å². The van der Waals surface area contributed by atoms with Crippen molar-refractivity contribution in [3.05, 3.63) is 46.7 Å². The van der Waals surface area contributed by atoms with Gasteiger partial charge >= 0.3 is 0 Å². The van der Waals surface area contributed by atoms with E-state index < -0.39 is 0 Å². The summed E-state index contributed by atoms with van der Waals surface area (Å²) in [6.45, 7) is 4.24. The van der Waals surface area contributed by atoms with Gasteiger partial charge in [-0.2, -0.15) is 0 Å². The van der Waals surface area contributed by atoms with Gasteiger partial charge in [-0.25, -0.2) is 4.98 Å². The normalized spacial score (nSPS) is 12.7. The van der Waals surface area contributed by atoms with Crippen LogP contribution in [-0.2, 0) is 4.79 Å². The summed E-state index contributed by atoms with van der Waals surface area (Å²) in [5, 5.41) is 5.95. The number of amides is 1. The number of hydrogen-bond donors (Lipinski definition) is 2. The van der Waals surface area contributed by atoms with E-state index in [0.29, 0.717) is 11.7 Å². The Labute approximate surface area is 143 Å². The van der Waals surface area contributed by atoms with Crippen LogP contribution >= 0.6 is 23.1 Å². The van der Waals surface area contributed by atoms with Gasteiger partial charge in [0.05, 0.1) is 22.8 Å². The molecule has 2 N–H and O–H groups in total. The highest BCUT2D eigenvalue weighted by Crippen LogP contribution is 2.26. The van der Waals surface area contributed by atoms with Gasteiger partial charge in [0.2, 0.25) is 5.91 Å². The molecule has 0 aliphatic rings. The van der Waals surface area contributed by atoms with Gasteiger partial charge in [0, 0.05) is 4.88 Å². The number of thiophene rings is 1. The number of H-pyrrole nitrogens is 1. The van der Waals surface area contributed by atoms with Gasteiger partial charge in [0.15, 0.2) is 5.16 Å². The number of carbonyl (C=O) groups is 1. The lowest BCUT2D eigenvalue weighted by molar-refractivity contribution is -0.119. The number of aromatic nitrogens is 2. The summed E-state index contributed by atoms with van der Waals surface area (Å²) in [7, 11) is 0. The second-order valence-electron chi connectivity index (χ2n) is 5.65. The van der Waals surface area contributed by atoms with E-state index in [-0.39, 0.29) is 11.9 Å². The number of nitrogens with one attached hydrogen (secondary N) is 2. The van der Waals surface area contributed by atoms with E-state index in [1.165, 1.54) is 16.6 Å². The quantitative estimate of drug-likeness (QED) is 0.657. The first kappa shape index (κ1) is 16.1. The molecule has 0 radical (unpaired) electrons. The van der Waals surface area contributed by atoms with Gasteiger partial charge in [-0.1, -0.05) is 43.8 Å². The molecule has 0 spiro atoms. The van der Waals surface area contributed by atoms with E-state index in [0.717, 1.165) is 16.2 Å². The maximum atomic E-state index is 12.3. The molecule has 1 amide bonds. The van der Waals surface area contributed by atoms with Crippen LogP contribution in [0.1, 0.15) is 24.8 Å². The van der Waals surface area contributed by atoms with Gasteiger partial charge in [-0.05, 0) is 29.5 Å². The fourth-order valence-electron chi connectivity index (χ4n) is 2.38. The summed E-state index contributed by atoms with van der Waals surface area (Å²) >= 11 is 3.11. The number of thioether (sulfide) groups is 1. The van der Waals surface area contributed by atoms with Crippen molar-refractivity contribution in [1.29, 1.82) is 0 Å². The van der Waals surface area contributed by atoms with Crippen LogP contribution in [0.4, 0.5) is 0 Å². The van der Waals surface area contributed by atoms with Crippen LogP contribution < -0.4 is 5.32 Å². The van der Waals surface area contributed by atoms with Gasteiger partial charge in [-0.3, -0.25) is 4.79 Å². The molecule has 4 nitrogen and oxygen atoms in total. The Hall–Kier alpha value is -1.79. The van der Waals surface area contributed by atoms with E-state index in [1.54, 1.807) is 11.3 Å². The number of carbonyl (C=O) groups excluding carboxylic acids is 1. The topological polar surface area (TPSA) is 57.8 Å². The number of fused-ring (bicyclic) bond motifs is 1. The third kappa shape index (κ3) is 3.95. The number of aromatic amines is 1. The van der Waals surface area contributed by atoms with Crippen molar-refractivity contribution in [2.24, 2.45) is 5.92 Å². The molecule has 3 aromatic rings. The van der Waals surface area contributed by atoms with Crippen LogP contribution in [0.5, 0.6) is 0 Å². The molecule has 2 heterocycles. The second kappa shape index (κ2) is 7.19. The molecule has 1 atom stereocenters. The Morgan fingerprint density at radius 3 is 2.83 bits per heavy atom. The molecule has 0 aliphatic carbocycles. The zero-order valence-corrected chi connectivity index (χ0v) is 14.7. The summed E-state index contributed by atoms with van der Waals surface area (Å²) in [6, 6.07) is 12.0. The molecule has 0 aliphatic heterocycles. The van der Waals surface area contributed by atoms with Crippen LogP contribution in [0.15, 0.2) is 46.9 Å². The first-order valence-corrected chi connectivity index (χ1v) is 9.40. The minimum atomic E-state index is 0.0301. The highest BCUT2D eigenvalue weighted by atomic mass is 32.2. The molecule has 1 unspecified atom stereocenters. The molecule has 0 saturated heterocycles. The van der Waals surface area contributed by atoms with E-state index in [4.69, 9.17) is 0 Å². The lowest BCUT2D eigenvalue weighted by Gasteiger charge is -2.21. The molecule has 6 heteroatoms. The number of imidazole rings is 1. The van der Waals surface area contributed by atoms with Crippen LogP contribution in [0.25, 0.3) is 11.0 Å². The van der Waals surface area contributed by atoms with Crippen LogP contribution in [0, 0.1) is 5.92 Å². The van der Waals surface area contributed by atoms with Crippen molar-refractivity contribution >= 4 is 40.0 Å². The predicted molar refractivity (Wildman–Crippen MR) is 96.9 cm³/mol. The molecule has 120 valence electrons. The van der Waals surface area contributed by atoms with Crippen molar-refractivity contribution in [3.63, 3.8) is 0 Å². The third-order valence-corrected chi connectivity index (χ3v) is 5.37. The highest BCUT2D eigenvalue weighted by molar-refractivity contribution is 7.99. The fourth-order valence-corrected chi connectivity index (χ4v) is 4.03. The molecule has 0 saturated carbocycles. The summed E-state index contributed by atoms with van der Waals surface area (Å²) in [5.74, 6) is 0.741. The maximum Gasteiger partial charge on any atom is 0.230 e. The molecular weight excluding hydrogens is 326 g/mol. The van der Waals surface area contributed by atoms with Crippen LogP contribution in [-0.4, -0.2) is 21.6 Å². The standard InChI is InChI=1S/C17H19N3OS2/c1-11(2)16(14-8-5-9-22-14)20-15(21)10-23-17-18-12-6-3-4-7-13(12)19-17/h3-9,11,16H,10H2,1-2H3,(H,18,19)(H,20,21). The van der Waals surface area contributed by atoms with Gasteiger partial charge in [-0.15, -0.1) is 11.3 Å². The largest absolute Gasteiger partial charge is 0.347 e. The summed E-state index contributed by atoms with van der Waals surface area (Å²) in [6.07, 6.45) is 0. The van der Waals surface area contributed by atoms with E-state index in [9.17, 15) is 4.79 Å². The molecule has 3 rings (SSSR count). The number of hydrogen-bond acceptors (Lipinski definition) is 4. The Balaban J connectivity index is 1.60. The predicted octanol–water partition coefficient (Wildman–Crippen LogP) is 4.23. The summed E-state index contributed by atoms with van der Waals surface area (Å²) < 4.78 is 0. The average molecular weight is 345 g/mol. The smallest absolute Gasteiger partial charge is 0.230 e. The van der Waals surface area contributed by atoms with Crippen molar-refractivity contribution in [1.82, 2.24) is 15.3 Å². The zero-order chi connectivity index (χ0) is 16.2. The Bertz CT molecular complexity index is 747. The molecule has 0 bridgehead atoms. The summed E-state index contributed by atoms with van der Waals surface area (Å²) in [5.41, 5.74) is 1.92. The summed E-state index contributed by atoms with van der Waals surface area (Å²) in [4.78, 5) is 21.2. The van der Waals surface area contributed by atoms with Crippen molar-refractivity contribution in [3.8, 4) is 0 Å². The Kier molecular flexibility index (Phi) is 5.03. The van der Waals surface area contributed by atoms with E-state index in [2.05, 4.69) is 35.2 Å². The lowest BCUT2D eigenvalue weighted by atomic mass is 10.0. The average Bonchev–Trinajstić information content (AvgIpc) is 3.19. The number of benzene rings is 1. The minimum absolute atomic E-state index is 0.0301. The lowest BCUT2D eigenvalue weighted by Crippen LogP contribution is -2.32. The molecule has 2 aromatic heterocycles. The van der Waals surface area contributed by atoms with Crippen LogP contribution in [0.2, 0.25) is 0 Å². The Morgan fingerprint density at radius 2 is 2.13 bits per heavy atom. The second-order valence-corrected chi connectivity index (χ2v) is 7.60. The molecule has 0 fully saturated rings. The fraction of sp³-hybridized carbons (Fsp3) is 0.294. The van der Waals surface area contributed by atoms with E-state index >= 15 is 0 Å². The minimum Gasteiger partial charge on any atom is -0.347 e. The van der Waals surface area contributed by atoms with Gasteiger partial charge in [0.1, 0.15) is 0 Å². The number of rotatable bonds is 6. The molecule has 1 aromatic carbocycles. The third-order valence-electron chi connectivity index (χ3n) is 3.54. The SMILES string of the molecule is CC(C)C(NC(=O)CSc1nc2ccccc2[nH]1)c1cccs1. The van der Waals surface area contributed by atoms with E-state index in [1.807, 2.05) is 35.7 Å². The number of para-hydroxylation sites is 2. The molecular formula is C17H19N3OS2. The first-order valence-electron chi connectivity index (χ1n) is 7.54. The van der Waals surface area contributed by atoms with Crippen molar-refractivity contribution in [2.45, 2.75) is 25.0 Å². The molecule has 23 heavy (non-hydrogen) atoms. The Morgan fingerprint density at radius 1 is 1.30 bits per heavy atom. The van der Waals surface area contributed by atoms with Crippen molar-refractivity contribution < 1.29 is 4.79 Å². The number of nitrogens with zero attached hydrogens (tertiary/aromatic N) is 1. The zero-order valence-electron chi connectivity index (χ0n) is 13.1. The first-order chi connectivity index (χ1) is 11.1. The van der Waals surface area contributed by atoms with Crippen molar-refractivity contribution in [2.75, 3.05) is 5.75 Å². The highest BCUT2D eigenvalue weighted by Gasteiger charge is 2.19. The van der Waals surface area contributed by atoms with Gasteiger partial charge in [0.25, 0.3) is 0 Å².